The molecule has 1 heterocycles. The van der Waals surface area contributed by atoms with Crippen molar-refractivity contribution >= 4 is 16.9 Å². The quantitative estimate of drug-likeness (QED) is 0.668. The number of benzene rings is 2. The van der Waals surface area contributed by atoms with Crippen molar-refractivity contribution in [3.05, 3.63) is 48.0 Å². The fourth-order valence-corrected chi connectivity index (χ4v) is 2.47. The van der Waals surface area contributed by atoms with Gasteiger partial charge in [-0.1, -0.05) is 11.3 Å². The molecule has 0 aliphatic rings. The van der Waals surface area contributed by atoms with E-state index in [1.165, 1.54) is 0 Å². The molecule has 0 spiro atoms. The smallest absolute Gasteiger partial charge is 0.251 e. The highest BCUT2D eigenvalue weighted by Gasteiger charge is 2.09. The first-order chi connectivity index (χ1) is 12.2. The molecule has 0 aliphatic heterocycles. The van der Waals surface area contributed by atoms with E-state index in [9.17, 15) is 4.79 Å². The number of fused-ring (bicyclic) bond motifs is 1. The van der Waals surface area contributed by atoms with Crippen LogP contribution in [0.2, 0.25) is 0 Å². The van der Waals surface area contributed by atoms with Gasteiger partial charge in [0.05, 0.1) is 19.2 Å². The molecule has 0 saturated carbocycles. The zero-order valence-corrected chi connectivity index (χ0v) is 14.2. The topological polar surface area (TPSA) is 78.3 Å². The number of nitrogens with one attached hydrogen (secondary N) is 1. The van der Waals surface area contributed by atoms with Crippen molar-refractivity contribution < 1.29 is 14.3 Å². The van der Waals surface area contributed by atoms with E-state index >= 15 is 0 Å². The maximum Gasteiger partial charge on any atom is 0.251 e. The maximum atomic E-state index is 12.2. The third kappa shape index (κ3) is 3.88. The van der Waals surface area contributed by atoms with Gasteiger partial charge in [0.25, 0.3) is 5.91 Å². The average Bonchev–Trinajstić information content (AvgIpc) is 3.07. The Morgan fingerprint density at radius 3 is 2.84 bits per heavy atom. The van der Waals surface area contributed by atoms with Gasteiger partial charge in [-0.15, -0.1) is 5.10 Å². The number of carbonyl (C=O) groups is 1. The van der Waals surface area contributed by atoms with Crippen LogP contribution in [-0.4, -0.2) is 41.2 Å². The Kier molecular flexibility index (Phi) is 5.13. The van der Waals surface area contributed by atoms with Crippen LogP contribution in [0.3, 0.4) is 0 Å². The van der Waals surface area contributed by atoms with Crippen LogP contribution in [0.25, 0.3) is 11.0 Å². The number of amides is 1. The van der Waals surface area contributed by atoms with Gasteiger partial charge in [0.2, 0.25) is 0 Å². The summed E-state index contributed by atoms with van der Waals surface area (Å²) < 4.78 is 12.5. The molecule has 2 aromatic carbocycles. The summed E-state index contributed by atoms with van der Waals surface area (Å²) in [7, 11) is 1.61. The van der Waals surface area contributed by atoms with E-state index in [0.29, 0.717) is 30.0 Å². The van der Waals surface area contributed by atoms with Gasteiger partial charge in [0, 0.05) is 18.2 Å². The summed E-state index contributed by atoms with van der Waals surface area (Å²) in [6.45, 7) is 3.50. The van der Waals surface area contributed by atoms with E-state index in [1.807, 2.05) is 31.2 Å². The summed E-state index contributed by atoms with van der Waals surface area (Å²) >= 11 is 0. The van der Waals surface area contributed by atoms with Gasteiger partial charge in [-0.05, 0) is 37.3 Å². The first-order valence-electron chi connectivity index (χ1n) is 8.09. The molecule has 0 aliphatic carbocycles. The molecule has 3 aromatic rings. The van der Waals surface area contributed by atoms with E-state index in [0.717, 1.165) is 17.8 Å². The van der Waals surface area contributed by atoms with Gasteiger partial charge in [-0.25, -0.2) is 4.68 Å². The highest BCUT2D eigenvalue weighted by molar-refractivity contribution is 5.97. The number of carbonyl (C=O) groups excluding carboxylic acids is 1. The molecule has 0 atom stereocenters. The van der Waals surface area contributed by atoms with E-state index in [2.05, 4.69) is 15.6 Å². The Morgan fingerprint density at radius 2 is 2.04 bits per heavy atom. The Labute approximate surface area is 145 Å². The zero-order valence-electron chi connectivity index (χ0n) is 14.2. The lowest BCUT2D eigenvalue weighted by Gasteiger charge is -2.09. The minimum absolute atomic E-state index is 0.165. The lowest BCUT2D eigenvalue weighted by atomic mass is 10.2. The van der Waals surface area contributed by atoms with Gasteiger partial charge < -0.3 is 14.8 Å². The summed E-state index contributed by atoms with van der Waals surface area (Å²) in [5.41, 5.74) is 2.18. The second-order valence-corrected chi connectivity index (χ2v) is 5.39. The first kappa shape index (κ1) is 16.8. The highest BCUT2D eigenvalue weighted by Crippen LogP contribution is 2.18. The summed E-state index contributed by atoms with van der Waals surface area (Å²) in [6, 6.07) is 12.7. The second kappa shape index (κ2) is 7.65. The van der Waals surface area contributed by atoms with Crippen molar-refractivity contribution in [3.63, 3.8) is 0 Å². The fourth-order valence-electron chi connectivity index (χ4n) is 2.47. The van der Waals surface area contributed by atoms with E-state index in [4.69, 9.17) is 9.47 Å². The number of aryl methyl sites for hydroxylation is 1. The monoisotopic (exact) mass is 340 g/mol. The third-order valence-corrected chi connectivity index (χ3v) is 3.77. The average molecular weight is 340 g/mol. The Hall–Kier alpha value is -3.09. The van der Waals surface area contributed by atoms with Crippen LogP contribution < -0.4 is 14.8 Å². The molecule has 3 rings (SSSR count). The minimum Gasteiger partial charge on any atom is -0.497 e. The largest absolute Gasteiger partial charge is 0.497 e. The van der Waals surface area contributed by atoms with Crippen LogP contribution in [-0.2, 0) is 6.54 Å². The Morgan fingerprint density at radius 1 is 1.20 bits per heavy atom. The summed E-state index contributed by atoms with van der Waals surface area (Å²) in [5.74, 6) is 1.27. The Balaban J connectivity index is 1.53. The van der Waals surface area contributed by atoms with Gasteiger partial charge in [-0.2, -0.15) is 0 Å². The fraction of sp³-hybridized carbons (Fsp3) is 0.278. The molecule has 0 bridgehead atoms. The van der Waals surface area contributed by atoms with Crippen molar-refractivity contribution in [2.24, 2.45) is 0 Å². The third-order valence-electron chi connectivity index (χ3n) is 3.77. The molecular weight excluding hydrogens is 320 g/mol. The summed E-state index contributed by atoms with van der Waals surface area (Å²) in [6.07, 6.45) is 0. The molecular formula is C18H20N4O3. The van der Waals surface area contributed by atoms with Crippen molar-refractivity contribution in [2.75, 3.05) is 20.3 Å². The van der Waals surface area contributed by atoms with E-state index in [-0.39, 0.29) is 5.91 Å². The number of hydrogen-bond acceptors (Lipinski definition) is 5. The number of methoxy groups -OCH3 is 1. The SMILES string of the molecule is CCn1nnc2cc(C(=O)NCCOc3cccc(OC)c3)ccc21. The standard InChI is InChI=1S/C18H20N4O3/c1-3-22-17-8-7-13(11-16(17)20-21-22)18(23)19-9-10-25-15-6-4-5-14(12-15)24-2/h4-8,11-12H,3,9-10H2,1-2H3,(H,19,23). The van der Waals surface area contributed by atoms with Crippen molar-refractivity contribution in [3.8, 4) is 11.5 Å². The van der Waals surface area contributed by atoms with E-state index in [1.54, 1.807) is 30.0 Å². The molecule has 7 heteroatoms. The molecule has 1 N–H and O–H groups in total. The number of nitrogens with zero attached hydrogens (tertiary/aromatic N) is 3. The Bertz CT molecular complexity index is 876. The highest BCUT2D eigenvalue weighted by atomic mass is 16.5. The van der Waals surface area contributed by atoms with Crippen LogP contribution in [0, 0.1) is 0 Å². The predicted molar refractivity (Wildman–Crippen MR) is 94.0 cm³/mol. The number of ether oxygens (including phenoxy) is 2. The van der Waals surface area contributed by atoms with Crippen LogP contribution >= 0.6 is 0 Å². The molecule has 130 valence electrons. The summed E-state index contributed by atoms with van der Waals surface area (Å²) in [4.78, 5) is 12.2. The maximum absolute atomic E-state index is 12.2. The molecule has 1 aromatic heterocycles. The van der Waals surface area contributed by atoms with Gasteiger partial charge >= 0.3 is 0 Å². The lowest BCUT2D eigenvalue weighted by molar-refractivity contribution is 0.0947. The van der Waals surface area contributed by atoms with Gasteiger partial charge in [-0.3, -0.25) is 4.79 Å². The van der Waals surface area contributed by atoms with Gasteiger partial charge in [0.15, 0.2) is 0 Å². The van der Waals surface area contributed by atoms with E-state index < -0.39 is 0 Å². The van der Waals surface area contributed by atoms with Crippen LogP contribution in [0.1, 0.15) is 17.3 Å². The predicted octanol–water partition coefficient (Wildman–Crippen LogP) is 2.27. The first-order valence-corrected chi connectivity index (χ1v) is 8.09. The molecule has 25 heavy (non-hydrogen) atoms. The van der Waals surface area contributed by atoms with Crippen molar-refractivity contribution in [1.29, 1.82) is 0 Å². The molecule has 0 radical (unpaired) electrons. The second-order valence-electron chi connectivity index (χ2n) is 5.39. The summed E-state index contributed by atoms with van der Waals surface area (Å²) in [5, 5.41) is 11.0. The van der Waals surface area contributed by atoms with Crippen LogP contribution in [0.5, 0.6) is 11.5 Å². The molecule has 0 unspecified atom stereocenters. The van der Waals surface area contributed by atoms with Gasteiger partial charge in [0.1, 0.15) is 23.6 Å². The van der Waals surface area contributed by atoms with Crippen molar-refractivity contribution in [1.82, 2.24) is 20.3 Å². The molecule has 7 nitrogen and oxygen atoms in total. The van der Waals surface area contributed by atoms with Crippen LogP contribution in [0.4, 0.5) is 0 Å². The minimum atomic E-state index is -0.165. The zero-order chi connectivity index (χ0) is 17.6. The van der Waals surface area contributed by atoms with Crippen molar-refractivity contribution in [2.45, 2.75) is 13.5 Å². The molecule has 1 amide bonds. The molecule has 0 saturated heterocycles. The molecule has 0 fully saturated rings. The number of aromatic nitrogens is 3. The normalized spacial score (nSPS) is 10.6. The number of rotatable bonds is 7. The lowest BCUT2D eigenvalue weighted by Crippen LogP contribution is -2.28. The number of hydrogen-bond donors (Lipinski definition) is 1. The van der Waals surface area contributed by atoms with Crippen LogP contribution in [0.15, 0.2) is 42.5 Å².